The number of furan rings is 1. The molecule has 2 aromatic rings. The number of carbonyl (C=O) groups excluding carboxylic acids is 2. The number of hydrogen-bond donors (Lipinski definition) is 1. The average Bonchev–Trinajstić information content (AvgIpc) is 3.36. The molecule has 0 unspecified atom stereocenters. The van der Waals surface area contributed by atoms with E-state index in [4.69, 9.17) is 13.9 Å². The molecule has 1 fully saturated rings. The number of nitrogens with one attached hydrogen (secondary N) is 1. The zero-order valence-electron chi connectivity index (χ0n) is 18.9. The van der Waals surface area contributed by atoms with Crippen LogP contribution in [0.3, 0.4) is 0 Å². The number of rotatable bonds is 5. The maximum Gasteiger partial charge on any atom is 0.342 e. The molecule has 1 saturated heterocycles. The lowest BCUT2D eigenvalue weighted by Crippen LogP contribution is -2.40. The molecule has 9 nitrogen and oxygen atoms in total. The smallest absolute Gasteiger partial charge is 0.342 e. The minimum Gasteiger partial charge on any atom is -0.462 e. The Morgan fingerprint density at radius 3 is 2.74 bits per heavy atom. The number of morpholine rings is 1. The van der Waals surface area contributed by atoms with Gasteiger partial charge in [0.2, 0.25) is 10.0 Å². The molecule has 2 aliphatic heterocycles. The van der Waals surface area contributed by atoms with Gasteiger partial charge in [0, 0.05) is 36.3 Å². The summed E-state index contributed by atoms with van der Waals surface area (Å²) in [7, 11) is -3.74. The Hall–Kier alpha value is -2.95. The van der Waals surface area contributed by atoms with Gasteiger partial charge in [-0.1, -0.05) is 0 Å². The zero-order chi connectivity index (χ0) is 23.9. The van der Waals surface area contributed by atoms with Crippen molar-refractivity contribution in [1.82, 2.24) is 4.31 Å². The third-order valence-corrected chi connectivity index (χ3v) is 8.23. The first-order chi connectivity index (χ1) is 16.4. The topological polar surface area (TPSA) is 115 Å². The van der Waals surface area contributed by atoms with Crippen LogP contribution in [0, 0.1) is 0 Å². The van der Waals surface area contributed by atoms with E-state index in [1.807, 2.05) is 0 Å². The van der Waals surface area contributed by atoms with Crippen molar-refractivity contribution in [1.29, 1.82) is 0 Å². The van der Waals surface area contributed by atoms with Crippen molar-refractivity contribution in [2.45, 2.75) is 37.5 Å². The largest absolute Gasteiger partial charge is 0.462 e. The van der Waals surface area contributed by atoms with Crippen molar-refractivity contribution >= 4 is 39.2 Å². The number of nitrogens with zero attached hydrogens (tertiary/aromatic N) is 1. The molecule has 0 bridgehead atoms. The molecule has 34 heavy (non-hydrogen) atoms. The molecule has 1 amide bonds. The number of ether oxygens (including phenoxy) is 2. The van der Waals surface area contributed by atoms with Gasteiger partial charge in [0.25, 0.3) is 5.91 Å². The van der Waals surface area contributed by atoms with Crippen LogP contribution in [0.25, 0.3) is 11.6 Å². The summed E-state index contributed by atoms with van der Waals surface area (Å²) in [4.78, 5) is 25.7. The van der Waals surface area contributed by atoms with Crippen LogP contribution in [0.2, 0.25) is 0 Å². The summed E-state index contributed by atoms with van der Waals surface area (Å²) in [5.41, 5.74) is 2.38. The minimum atomic E-state index is -3.74. The first-order valence-electron chi connectivity index (χ1n) is 11.5. The van der Waals surface area contributed by atoms with Gasteiger partial charge < -0.3 is 19.2 Å². The van der Waals surface area contributed by atoms with Crippen molar-refractivity contribution in [2.75, 3.05) is 38.2 Å². The normalized spacial score (nSPS) is 19.6. The summed E-state index contributed by atoms with van der Waals surface area (Å²) in [6.45, 7) is 3.20. The molecular weight excluding hydrogens is 460 g/mol. The molecule has 5 rings (SSSR count). The van der Waals surface area contributed by atoms with Crippen LogP contribution in [0.15, 0.2) is 27.5 Å². The lowest BCUT2D eigenvalue weighted by Gasteiger charge is -2.26. The number of hydrogen-bond acceptors (Lipinski definition) is 7. The quantitative estimate of drug-likeness (QED) is 0.510. The van der Waals surface area contributed by atoms with Gasteiger partial charge in [-0.3, -0.25) is 4.79 Å². The van der Waals surface area contributed by atoms with Crippen LogP contribution in [-0.2, 0) is 37.1 Å². The summed E-state index contributed by atoms with van der Waals surface area (Å²) in [5, 5.41) is 2.77. The molecule has 0 saturated carbocycles. The Morgan fingerprint density at radius 2 is 1.97 bits per heavy atom. The number of fused-ring (bicyclic) bond motifs is 2. The fourth-order valence-electron chi connectivity index (χ4n) is 4.65. The van der Waals surface area contributed by atoms with Gasteiger partial charge >= 0.3 is 5.97 Å². The van der Waals surface area contributed by atoms with Crippen molar-refractivity contribution in [3.05, 3.63) is 46.4 Å². The van der Waals surface area contributed by atoms with Gasteiger partial charge in [-0.15, -0.1) is 0 Å². The zero-order valence-corrected chi connectivity index (χ0v) is 19.7. The Balaban J connectivity index is 1.58. The van der Waals surface area contributed by atoms with E-state index < -0.39 is 16.0 Å². The molecule has 1 N–H and O–H groups in total. The first-order valence-corrected chi connectivity index (χ1v) is 12.9. The molecular formula is C24H26N2O7S. The molecule has 1 aromatic heterocycles. The Labute approximate surface area is 197 Å². The summed E-state index contributed by atoms with van der Waals surface area (Å²) in [6.07, 6.45) is 4.86. The second-order valence-electron chi connectivity index (χ2n) is 8.41. The third kappa shape index (κ3) is 3.95. The second-order valence-corrected chi connectivity index (χ2v) is 10.3. The molecule has 1 aliphatic carbocycles. The van der Waals surface area contributed by atoms with Crippen LogP contribution in [0.1, 0.15) is 52.8 Å². The van der Waals surface area contributed by atoms with Crippen LogP contribution < -0.4 is 5.32 Å². The van der Waals surface area contributed by atoms with E-state index in [1.54, 1.807) is 13.0 Å². The molecule has 3 aliphatic rings. The highest BCUT2D eigenvalue weighted by atomic mass is 32.2. The number of esters is 1. The molecule has 3 heterocycles. The Bertz CT molecular complexity index is 1290. The lowest BCUT2D eigenvalue weighted by atomic mass is 9.94. The molecule has 0 spiro atoms. The highest BCUT2D eigenvalue weighted by Crippen LogP contribution is 2.38. The highest BCUT2D eigenvalue weighted by Gasteiger charge is 2.33. The van der Waals surface area contributed by atoms with E-state index in [9.17, 15) is 18.0 Å². The van der Waals surface area contributed by atoms with Crippen LogP contribution in [0.4, 0.5) is 5.69 Å². The standard InChI is InChI=1S/C24H26N2O7S/c1-2-32-24(28)22-16-5-3-4-6-20(16)33-21(22)14-18-17-13-15(7-8-19(17)25-23(18)27)34(29,30)26-9-11-31-12-10-26/h7-8,13-14H,2-6,9-12H2,1H3,(H,25,27). The van der Waals surface area contributed by atoms with Crippen molar-refractivity contribution in [3.63, 3.8) is 0 Å². The maximum absolute atomic E-state index is 13.1. The SMILES string of the molecule is CCOC(=O)c1c(C=C2C(=O)Nc3ccc(S(=O)(=O)N4CCOCC4)cc32)oc2c1CCCC2. The number of carbonyl (C=O) groups is 2. The van der Waals surface area contributed by atoms with Gasteiger partial charge in [0.1, 0.15) is 17.1 Å². The van der Waals surface area contributed by atoms with Crippen LogP contribution >= 0.6 is 0 Å². The monoisotopic (exact) mass is 486 g/mol. The average molecular weight is 487 g/mol. The minimum absolute atomic E-state index is 0.0971. The highest BCUT2D eigenvalue weighted by molar-refractivity contribution is 7.89. The molecule has 1 aromatic carbocycles. The first kappa shape index (κ1) is 22.8. The summed E-state index contributed by atoms with van der Waals surface area (Å²) in [6, 6.07) is 4.57. The van der Waals surface area contributed by atoms with E-state index in [1.165, 1.54) is 22.5 Å². The number of anilines is 1. The van der Waals surface area contributed by atoms with Crippen molar-refractivity contribution < 1.29 is 31.9 Å². The lowest BCUT2D eigenvalue weighted by molar-refractivity contribution is -0.110. The van der Waals surface area contributed by atoms with Gasteiger partial charge in [0.15, 0.2) is 0 Å². The summed E-state index contributed by atoms with van der Waals surface area (Å²) < 4.78 is 44.2. The van der Waals surface area contributed by atoms with Gasteiger partial charge in [0.05, 0.1) is 30.3 Å². The third-order valence-electron chi connectivity index (χ3n) is 6.34. The Kier molecular flexibility index (Phi) is 6.05. The van der Waals surface area contributed by atoms with E-state index in [0.29, 0.717) is 36.4 Å². The van der Waals surface area contributed by atoms with Gasteiger partial charge in [-0.25, -0.2) is 13.2 Å². The summed E-state index contributed by atoms with van der Waals surface area (Å²) >= 11 is 0. The number of benzene rings is 1. The number of sulfonamides is 1. The molecule has 180 valence electrons. The van der Waals surface area contributed by atoms with Gasteiger partial charge in [-0.05, 0) is 50.5 Å². The molecule has 0 radical (unpaired) electrons. The van der Waals surface area contributed by atoms with Crippen LogP contribution in [-0.4, -0.2) is 57.5 Å². The Morgan fingerprint density at radius 1 is 1.21 bits per heavy atom. The van der Waals surface area contributed by atoms with Gasteiger partial charge in [-0.2, -0.15) is 4.31 Å². The fraction of sp³-hybridized carbons (Fsp3) is 0.417. The predicted molar refractivity (Wildman–Crippen MR) is 124 cm³/mol. The second kappa shape index (κ2) is 9.01. The van der Waals surface area contributed by atoms with E-state index in [-0.39, 0.29) is 41.8 Å². The molecule has 10 heteroatoms. The number of aryl methyl sites for hydroxylation is 1. The fourth-order valence-corrected chi connectivity index (χ4v) is 6.09. The maximum atomic E-state index is 13.1. The van der Waals surface area contributed by atoms with Crippen LogP contribution in [0.5, 0.6) is 0 Å². The van der Waals surface area contributed by atoms with Crippen molar-refractivity contribution in [2.24, 2.45) is 0 Å². The van der Waals surface area contributed by atoms with E-state index >= 15 is 0 Å². The summed E-state index contributed by atoms with van der Waals surface area (Å²) in [5.74, 6) is 0.136. The predicted octanol–water partition coefficient (Wildman–Crippen LogP) is 2.85. The van der Waals surface area contributed by atoms with E-state index in [0.717, 1.165) is 30.6 Å². The van der Waals surface area contributed by atoms with E-state index in [2.05, 4.69) is 5.32 Å². The number of amides is 1. The van der Waals surface area contributed by atoms with Crippen molar-refractivity contribution in [3.8, 4) is 0 Å². The molecule has 0 atom stereocenters.